The van der Waals surface area contributed by atoms with Crippen molar-refractivity contribution in [1.82, 2.24) is 4.90 Å². The second-order valence-corrected chi connectivity index (χ2v) is 9.55. The van der Waals surface area contributed by atoms with Crippen LogP contribution in [0.1, 0.15) is 38.7 Å². The number of carbonyl (C=O) groups excluding carboxylic acids is 1. The predicted molar refractivity (Wildman–Crippen MR) is 151 cm³/mol. The second kappa shape index (κ2) is 13.9. The number of hydrogen-bond acceptors (Lipinski definition) is 3. The smallest absolute Gasteiger partial charge is 0.307 e. The first-order valence-electron chi connectivity index (χ1n) is 12.3. The molecule has 0 unspecified atom stereocenters. The third kappa shape index (κ3) is 7.99. The number of carbonyl (C=O) groups is 1. The quantitative estimate of drug-likeness (QED) is 0.276. The summed E-state index contributed by atoms with van der Waals surface area (Å²) in [6.45, 7) is 7.97. The van der Waals surface area contributed by atoms with Gasteiger partial charge in [0.15, 0.2) is 0 Å². The molecule has 188 valence electrons. The Bertz CT molecular complexity index is 1160. The Hall–Kier alpha value is -3.04. The van der Waals surface area contributed by atoms with Crippen molar-refractivity contribution in [3.63, 3.8) is 0 Å². The van der Waals surface area contributed by atoms with E-state index in [1.54, 1.807) is 29.2 Å². The lowest BCUT2D eigenvalue weighted by atomic mass is 10.0. The average Bonchev–Trinajstić information content (AvgIpc) is 2.86. The van der Waals surface area contributed by atoms with Gasteiger partial charge in [-0.3, -0.25) is 4.90 Å². The standard InChI is InChI=1S/C29H32Cl2N4O/c1-3-13-34(14-4-2)15-6-16-35(29(36)33-27-19-25(30)18-26(31)20-27)28-11-9-23(10-12-28)24-8-5-7-22(17-24)21-32/h5,7-12,17-20H,3-4,6,13-16H2,1-2H3,(H,33,36). The summed E-state index contributed by atoms with van der Waals surface area (Å²) in [5, 5.41) is 13.1. The fraction of sp³-hybridized carbons (Fsp3) is 0.310. The van der Waals surface area contributed by atoms with Gasteiger partial charge in [-0.1, -0.05) is 61.3 Å². The van der Waals surface area contributed by atoms with E-state index in [1.807, 2.05) is 42.5 Å². The Kier molecular flexibility index (Phi) is 10.6. The fourth-order valence-corrected chi connectivity index (χ4v) is 4.71. The summed E-state index contributed by atoms with van der Waals surface area (Å²) in [5.41, 5.74) is 3.89. The largest absolute Gasteiger partial charge is 0.326 e. The zero-order valence-corrected chi connectivity index (χ0v) is 22.3. The first kappa shape index (κ1) is 27.5. The van der Waals surface area contributed by atoms with Crippen molar-refractivity contribution in [3.05, 3.63) is 82.3 Å². The van der Waals surface area contributed by atoms with E-state index in [2.05, 4.69) is 30.1 Å². The van der Waals surface area contributed by atoms with Gasteiger partial charge in [-0.05, 0) is 92.5 Å². The lowest BCUT2D eigenvalue weighted by Crippen LogP contribution is -2.37. The number of nitrogens with zero attached hydrogens (tertiary/aromatic N) is 3. The van der Waals surface area contributed by atoms with E-state index >= 15 is 0 Å². The molecule has 0 aliphatic carbocycles. The van der Waals surface area contributed by atoms with Crippen LogP contribution >= 0.6 is 23.2 Å². The van der Waals surface area contributed by atoms with E-state index in [1.165, 1.54) is 0 Å². The molecule has 2 amide bonds. The SMILES string of the molecule is CCCN(CCC)CCCN(C(=O)Nc1cc(Cl)cc(Cl)c1)c1ccc(-c2cccc(C#N)c2)cc1. The van der Waals surface area contributed by atoms with Gasteiger partial charge in [0.2, 0.25) is 0 Å². The first-order chi connectivity index (χ1) is 17.4. The molecule has 0 heterocycles. The number of amides is 2. The van der Waals surface area contributed by atoms with Crippen LogP contribution in [0.3, 0.4) is 0 Å². The minimum Gasteiger partial charge on any atom is -0.307 e. The van der Waals surface area contributed by atoms with Crippen LogP contribution in [0.25, 0.3) is 11.1 Å². The molecule has 0 radical (unpaired) electrons. The van der Waals surface area contributed by atoms with Crippen LogP contribution in [-0.4, -0.2) is 37.1 Å². The Labute approximate surface area is 224 Å². The van der Waals surface area contributed by atoms with Crippen molar-refractivity contribution in [1.29, 1.82) is 5.26 Å². The minimum atomic E-state index is -0.245. The molecule has 0 saturated carbocycles. The van der Waals surface area contributed by atoms with Gasteiger partial charge in [-0.15, -0.1) is 0 Å². The molecule has 0 spiro atoms. The zero-order valence-electron chi connectivity index (χ0n) is 20.8. The molecule has 0 saturated heterocycles. The van der Waals surface area contributed by atoms with Crippen molar-refractivity contribution >= 4 is 40.6 Å². The highest BCUT2D eigenvalue weighted by Crippen LogP contribution is 2.26. The maximum absolute atomic E-state index is 13.4. The van der Waals surface area contributed by atoms with Gasteiger partial charge in [-0.25, -0.2) is 4.79 Å². The summed E-state index contributed by atoms with van der Waals surface area (Å²) in [7, 11) is 0. The lowest BCUT2D eigenvalue weighted by molar-refractivity contribution is 0.253. The van der Waals surface area contributed by atoms with Crippen LogP contribution in [0.2, 0.25) is 10.0 Å². The number of halogens is 2. The highest BCUT2D eigenvalue weighted by molar-refractivity contribution is 6.35. The van der Waals surface area contributed by atoms with Gasteiger partial charge in [-0.2, -0.15) is 5.26 Å². The van der Waals surface area contributed by atoms with Crippen LogP contribution in [-0.2, 0) is 0 Å². The summed E-state index contributed by atoms with van der Waals surface area (Å²) in [6, 6.07) is 22.2. The number of nitrogens with one attached hydrogen (secondary N) is 1. The monoisotopic (exact) mass is 522 g/mol. The molecule has 0 aliphatic heterocycles. The molecular weight excluding hydrogens is 491 g/mol. The molecule has 0 aliphatic rings. The number of nitriles is 1. The van der Waals surface area contributed by atoms with Crippen molar-refractivity contribution in [3.8, 4) is 17.2 Å². The van der Waals surface area contributed by atoms with Gasteiger partial charge in [0.1, 0.15) is 0 Å². The molecule has 3 aromatic rings. The summed E-state index contributed by atoms with van der Waals surface area (Å²) in [4.78, 5) is 17.6. The van der Waals surface area contributed by atoms with E-state index in [4.69, 9.17) is 23.2 Å². The third-order valence-corrected chi connectivity index (χ3v) is 6.24. The Morgan fingerprint density at radius 2 is 1.53 bits per heavy atom. The molecule has 7 heteroatoms. The Morgan fingerprint density at radius 3 is 2.14 bits per heavy atom. The highest BCUT2D eigenvalue weighted by atomic mass is 35.5. The fourth-order valence-electron chi connectivity index (χ4n) is 4.19. The average molecular weight is 524 g/mol. The minimum absolute atomic E-state index is 0.245. The van der Waals surface area contributed by atoms with Gasteiger partial charge in [0.05, 0.1) is 11.6 Å². The predicted octanol–water partition coefficient (Wildman–Crippen LogP) is 8.08. The summed E-state index contributed by atoms with van der Waals surface area (Å²) in [6.07, 6.45) is 3.05. The summed E-state index contributed by atoms with van der Waals surface area (Å²) >= 11 is 12.3. The zero-order chi connectivity index (χ0) is 25.9. The number of rotatable bonds is 11. The number of hydrogen-bond donors (Lipinski definition) is 1. The number of urea groups is 1. The second-order valence-electron chi connectivity index (χ2n) is 8.67. The Morgan fingerprint density at radius 1 is 0.861 bits per heavy atom. The topological polar surface area (TPSA) is 59.4 Å². The number of benzene rings is 3. The van der Waals surface area contributed by atoms with Crippen LogP contribution in [0.5, 0.6) is 0 Å². The lowest BCUT2D eigenvalue weighted by Gasteiger charge is -2.26. The molecular formula is C29H32Cl2N4O. The normalized spacial score (nSPS) is 10.8. The molecule has 0 fully saturated rings. The third-order valence-electron chi connectivity index (χ3n) is 5.80. The maximum Gasteiger partial charge on any atom is 0.326 e. The van der Waals surface area contributed by atoms with E-state index in [9.17, 15) is 10.1 Å². The van der Waals surface area contributed by atoms with Crippen LogP contribution in [0, 0.1) is 11.3 Å². The summed E-state index contributed by atoms with van der Waals surface area (Å²) in [5.74, 6) is 0. The van der Waals surface area contributed by atoms with Gasteiger partial charge >= 0.3 is 6.03 Å². The van der Waals surface area contributed by atoms with E-state index in [-0.39, 0.29) is 6.03 Å². The maximum atomic E-state index is 13.4. The van der Waals surface area contributed by atoms with Crippen LogP contribution < -0.4 is 10.2 Å². The molecule has 3 rings (SSSR count). The van der Waals surface area contributed by atoms with Gasteiger partial charge < -0.3 is 10.2 Å². The van der Waals surface area contributed by atoms with E-state index < -0.39 is 0 Å². The van der Waals surface area contributed by atoms with Crippen molar-refractivity contribution in [2.45, 2.75) is 33.1 Å². The molecule has 1 N–H and O–H groups in total. The van der Waals surface area contributed by atoms with E-state index in [0.29, 0.717) is 27.8 Å². The highest BCUT2D eigenvalue weighted by Gasteiger charge is 2.17. The molecule has 5 nitrogen and oxygen atoms in total. The van der Waals surface area contributed by atoms with Crippen LogP contribution in [0.4, 0.5) is 16.2 Å². The molecule has 0 aromatic heterocycles. The molecule has 3 aromatic carbocycles. The molecule has 0 bridgehead atoms. The van der Waals surface area contributed by atoms with Crippen LogP contribution in [0.15, 0.2) is 66.7 Å². The van der Waals surface area contributed by atoms with Crippen molar-refractivity contribution < 1.29 is 4.79 Å². The van der Waals surface area contributed by atoms with E-state index in [0.717, 1.165) is 55.7 Å². The van der Waals surface area contributed by atoms with Gasteiger partial charge in [0, 0.05) is 28.0 Å². The Balaban J connectivity index is 1.81. The van der Waals surface area contributed by atoms with Gasteiger partial charge in [0.25, 0.3) is 0 Å². The number of anilines is 2. The first-order valence-corrected chi connectivity index (χ1v) is 13.1. The van der Waals surface area contributed by atoms with Crippen molar-refractivity contribution in [2.75, 3.05) is 36.4 Å². The molecule has 0 atom stereocenters. The summed E-state index contributed by atoms with van der Waals surface area (Å²) < 4.78 is 0. The van der Waals surface area contributed by atoms with Crippen molar-refractivity contribution in [2.24, 2.45) is 0 Å². The molecule has 36 heavy (non-hydrogen) atoms.